The van der Waals surface area contributed by atoms with Crippen molar-refractivity contribution >= 4 is 58.5 Å². The van der Waals surface area contributed by atoms with Gasteiger partial charge in [0, 0.05) is 48.4 Å². The molecule has 128 valence electrons. The molecule has 0 N–H and O–H groups in total. The largest absolute Gasteiger partial charge is 0.296 e. The SMILES string of the molecule is CCCCCCCCCCCCOS(=O)(=O)c1ccccc1.[Li].[Na]. The second-order valence-electron chi connectivity index (χ2n) is 5.77. The zero-order valence-electron chi connectivity index (χ0n) is 15.8. The van der Waals surface area contributed by atoms with Gasteiger partial charge in [0.2, 0.25) is 0 Å². The summed E-state index contributed by atoms with van der Waals surface area (Å²) in [5, 5.41) is 0. The van der Waals surface area contributed by atoms with Crippen LogP contribution in [0.1, 0.15) is 71.1 Å². The zero-order valence-corrected chi connectivity index (χ0v) is 18.6. The van der Waals surface area contributed by atoms with E-state index in [0.717, 1.165) is 12.8 Å². The van der Waals surface area contributed by atoms with Gasteiger partial charge in [0.15, 0.2) is 0 Å². The first-order chi connectivity index (χ1) is 10.7. The van der Waals surface area contributed by atoms with Gasteiger partial charge in [0.1, 0.15) is 0 Å². The summed E-state index contributed by atoms with van der Waals surface area (Å²) in [6.07, 6.45) is 12.3. The molecule has 0 saturated carbocycles. The molecule has 0 fully saturated rings. The summed E-state index contributed by atoms with van der Waals surface area (Å²) in [5.74, 6) is 0. The van der Waals surface area contributed by atoms with Crippen LogP contribution in [0.2, 0.25) is 0 Å². The molecule has 0 spiro atoms. The van der Waals surface area contributed by atoms with Gasteiger partial charge in [-0.15, -0.1) is 0 Å². The summed E-state index contributed by atoms with van der Waals surface area (Å²) in [7, 11) is -3.57. The number of hydrogen-bond acceptors (Lipinski definition) is 3. The van der Waals surface area contributed by atoms with Crippen LogP contribution in [0.5, 0.6) is 0 Å². The van der Waals surface area contributed by atoms with Crippen molar-refractivity contribution in [1.29, 1.82) is 0 Å². The van der Waals surface area contributed by atoms with Gasteiger partial charge in [-0.25, -0.2) is 0 Å². The Morgan fingerprint density at radius 2 is 1.25 bits per heavy atom. The second kappa shape index (κ2) is 17.2. The van der Waals surface area contributed by atoms with Crippen LogP contribution < -0.4 is 0 Å². The average Bonchev–Trinajstić information content (AvgIpc) is 2.53. The first-order valence-electron chi connectivity index (χ1n) is 8.61. The van der Waals surface area contributed by atoms with Crippen LogP contribution in [-0.2, 0) is 14.3 Å². The van der Waals surface area contributed by atoms with Crippen molar-refractivity contribution in [3.8, 4) is 0 Å². The molecule has 6 heteroatoms. The maximum absolute atomic E-state index is 11.9. The number of hydrogen-bond donors (Lipinski definition) is 0. The van der Waals surface area contributed by atoms with E-state index in [2.05, 4.69) is 6.92 Å². The molecule has 0 unspecified atom stereocenters. The fourth-order valence-corrected chi connectivity index (χ4v) is 3.38. The van der Waals surface area contributed by atoms with E-state index in [9.17, 15) is 8.42 Å². The molecular weight excluding hydrogens is 326 g/mol. The van der Waals surface area contributed by atoms with E-state index in [4.69, 9.17) is 4.18 Å². The topological polar surface area (TPSA) is 43.4 Å². The maximum atomic E-state index is 11.9. The molecule has 1 aromatic rings. The third-order valence-corrected chi connectivity index (χ3v) is 5.09. The van der Waals surface area contributed by atoms with Crippen LogP contribution in [0.4, 0.5) is 0 Å². The van der Waals surface area contributed by atoms with Gasteiger partial charge in [-0.3, -0.25) is 4.18 Å². The fraction of sp³-hybridized carbons (Fsp3) is 0.667. The molecule has 3 nitrogen and oxygen atoms in total. The Hall–Kier alpha value is 0.727. The molecule has 0 amide bonds. The Morgan fingerprint density at radius 1 is 0.792 bits per heavy atom. The van der Waals surface area contributed by atoms with E-state index in [1.807, 2.05) is 0 Å². The zero-order chi connectivity index (χ0) is 16.1. The Balaban J connectivity index is 0. The normalized spacial score (nSPS) is 10.7. The number of benzene rings is 1. The molecule has 1 aromatic carbocycles. The average molecular weight is 356 g/mol. The quantitative estimate of drug-likeness (QED) is 0.296. The monoisotopic (exact) mass is 356 g/mol. The predicted molar refractivity (Wildman–Crippen MR) is 103 cm³/mol. The first kappa shape index (κ1) is 27.0. The Kier molecular flexibility index (Phi) is 19.3. The van der Waals surface area contributed by atoms with Gasteiger partial charge in [-0.1, -0.05) is 82.9 Å². The van der Waals surface area contributed by atoms with E-state index in [0.29, 0.717) is 0 Å². The number of unbranched alkanes of at least 4 members (excludes halogenated alkanes) is 9. The molecule has 0 bridgehead atoms. The number of rotatable bonds is 13. The van der Waals surface area contributed by atoms with E-state index < -0.39 is 10.1 Å². The van der Waals surface area contributed by atoms with E-state index in [-0.39, 0.29) is 59.9 Å². The van der Waals surface area contributed by atoms with Crippen molar-refractivity contribution in [2.24, 2.45) is 0 Å². The van der Waals surface area contributed by atoms with Crippen LogP contribution in [0.3, 0.4) is 0 Å². The van der Waals surface area contributed by atoms with Gasteiger partial charge < -0.3 is 0 Å². The van der Waals surface area contributed by atoms with Crippen LogP contribution in [-0.4, -0.2) is 63.4 Å². The molecule has 0 aliphatic heterocycles. The predicted octanol–water partition coefficient (Wildman–Crippen LogP) is 4.55. The molecule has 24 heavy (non-hydrogen) atoms. The Morgan fingerprint density at radius 3 is 1.75 bits per heavy atom. The molecule has 0 aliphatic rings. The van der Waals surface area contributed by atoms with Crippen molar-refractivity contribution in [3.63, 3.8) is 0 Å². The standard InChI is InChI=1S/C18H30O3S.Li.Na/c1-2-3-4-5-6-7-8-9-10-14-17-21-22(19,20)18-15-12-11-13-16-18;;/h11-13,15-16H,2-10,14,17H2,1H3;;. The third-order valence-electron chi connectivity index (χ3n) is 3.77. The molecule has 2 radical (unpaired) electrons. The van der Waals surface area contributed by atoms with Crippen molar-refractivity contribution < 1.29 is 12.6 Å². The van der Waals surface area contributed by atoms with Crippen molar-refractivity contribution in [3.05, 3.63) is 30.3 Å². The van der Waals surface area contributed by atoms with Crippen LogP contribution in [0, 0.1) is 0 Å². The van der Waals surface area contributed by atoms with Crippen molar-refractivity contribution in [2.45, 2.75) is 76.0 Å². The summed E-state index contributed by atoms with van der Waals surface area (Å²) >= 11 is 0. The van der Waals surface area contributed by atoms with Gasteiger partial charge in [0.25, 0.3) is 10.1 Å². The summed E-state index contributed by atoms with van der Waals surface area (Å²) in [6, 6.07) is 8.33. The molecular formula is C18H30LiNaO3S. The van der Waals surface area contributed by atoms with Crippen LogP contribution >= 0.6 is 0 Å². The Bertz CT molecular complexity index is 480. The summed E-state index contributed by atoms with van der Waals surface area (Å²) < 4.78 is 28.8. The maximum Gasteiger partial charge on any atom is 0.296 e. The van der Waals surface area contributed by atoms with Gasteiger partial charge in [0.05, 0.1) is 11.5 Å². The molecule has 1 rings (SSSR count). The van der Waals surface area contributed by atoms with Gasteiger partial charge in [-0.05, 0) is 18.6 Å². The second-order valence-corrected chi connectivity index (χ2v) is 7.39. The summed E-state index contributed by atoms with van der Waals surface area (Å²) in [6.45, 7) is 2.52. The van der Waals surface area contributed by atoms with Crippen molar-refractivity contribution in [2.75, 3.05) is 6.61 Å². The van der Waals surface area contributed by atoms with Crippen LogP contribution in [0.15, 0.2) is 35.2 Å². The minimum Gasteiger partial charge on any atom is -0.266 e. The minimum absolute atomic E-state index is 0. The van der Waals surface area contributed by atoms with Gasteiger partial charge >= 0.3 is 0 Å². The Labute approximate surface area is 182 Å². The van der Waals surface area contributed by atoms with E-state index in [1.165, 1.54) is 51.4 Å². The fourth-order valence-electron chi connectivity index (χ4n) is 2.41. The molecule has 0 aliphatic carbocycles. The molecule has 0 saturated heterocycles. The molecule has 0 atom stereocenters. The van der Waals surface area contributed by atoms with Crippen LogP contribution in [0.25, 0.3) is 0 Å². The van der Waals surface area contributed by atoms with E-state index in [1.54, 1.807) is 30.3 Å². The third kappa shape index (κ3) is 13.0. The summed E-state index contributed by atoms with van der Waals surface area (Å²) in [5.41, 5.74) is 0. The minimum atomic E-state index is -3.57. The van der Waals surface area contributed by atoms with Gasteiger partial charge in [-0.2, -0.15) is 8.42 Å². The first-order valence-corrected chi connectivity index (χ1v) is 10.0. The molecule has 0 aromatic heterocycles. The molecule has 0 heterocycles. The van der Waals surface area contributed by atoms with E-state index >= 15 is 0 Å². The smallest absolute Gasteiger partial charge is 0.266 e. The summed E-state index contributed by atoms with van der Waals surface area (Å²) in [4.78, 5) is 0.238. The van der Waals surface area contributed by atoms with Crippen molar-refractivity contribution in [1.82, 2.24) is 0 Å².